The van der Waals surface area contributed by atoms with Gasteiger partial charge in [-0.3, -0.25) is 0 Å². The molecule has 4 nitrogen and oxygen atoms in total. The van der Waals surface area contributed by atoms with E-state index in [2.05, 4.69) is 16.7 Å². The average molecular weight is 253 g/mol. The second kappa shape index (κ2) is 5.08. The summed E-state index contributed by atoms with van der Waals surface area (Å²) in [5, 5.41) is 0. The van der Waals surface area contributed by atoms with E-state index in [-0.39, 0.29) is 11.5 Å². The van der Waals surface area contributed by atoms with E-state index >= 15 is 0 Å². The lowest BCUT2D eigenvalue weighted by Crippen LogP contribution is -2.53. The van der Waals surface area contributed by atoms with Gasteiger partial charge < -0.3 is 20.3 Å². The van der Waals surface area contributed by atoms with E-state index in [0.717, 1.165) is 25.7 Å². The number of rotatable bonds is 4. The number of ether oxygens (including phenoxy) is 1. The van der Waals surface area contributed by atoms with E-state index in [1.165, 1.54) is 45.6 Å². The van der Waals surface area contributed by atoms with Gasteiger partial charge in [-0.05, 0) is 18.8 Å². The van der Waals surface area contributed by atoms with Gasteiger partial charge in [0.05, 0.1) is 13.2 Å². The summed E-state index contributed by atoms with van der Waals surface area (Å²) >= 11 is 0. The topological polar surface area (TPSA) is 41.7 Å². The van der Waals surface area contributed by atoms with E-state index in [1.54, 1.807) is 0 Å². The molecule has 2 saturated heterocycles. The highest BCUT2D eigenvalue weighted by Crippen LogP contribution is 2.31. The Labute approximate surface area is 110 Å². The van der Waals surface area contributed by atoms with Crippen LogP contribution in [-0.4, -0.2) is 68.3 Å². The summed E-state index contributed by atoms with van der Waals surface area (Å²) in [4.78, 5) is 5.22. The summed E-state index contributed by atoms with van der Waals surface area (Å²) in [7, 11) is 0. The molecule has 2 aliphatic heterocycles. The van der Waals surface area contributed by atoms with Crippen LogP contribution in [0.1, 0.15) is 19.8 Å². The monoisotopic (exact) mass is 253 g/mol. The summed E-state index contributed by atoms with van der Waals surface area (Å²) in [5.74, 6) is 1.02. The summed E-state index contributed by atoms with van der Waals surface area (Å²) in [6, 6.07) is 0.210. The van der Waals surface area contributed by atoms with E-state index < -0.39 is 0 Å². The molecule has 3 rings (SSSR count). The fourth-order valence-corrected chi connectivity index (χ4v) is 3.20. The Kier molecular flexibility index (Phi) is 3.63. The molecule has 0 aromatic carbocycles. The van der Waals surface area contributed by atoms with E-state index in [4.69, 9.17) is 10.5 Å². The predicted octanol–water partition coefficient (Wildman–Crippen LogP) is 0.378. The standard InChI is InChI=1S/C14H27N3O/c1-14(11-18-9-13(14)15)10-17-6-4-16(5-7-17)8-12-2-3-12/h12-13H,2-11,15H2,1H3. The normalized spacial score (nSPS) is 39.3. The first kappa shape index (κ1) is 12.9. The van der Waals surface area contributed by atoms with Gasteiger partial charge in [-0.15, -0.1) is 0 Å². The molecule has 18 heavy (non-hydrogen) atoms. The molecule has 2 unspecified atom stereocenters. The van der Waals surface area contributed by atoms with Crippen molar-refractivity contribution in [2.75, 3.05) is 52.5 Å². The molecular weight excluding hydrogens is 226 g/mol. The van der Waals surface area contributed by atoms with Gasteiger partial charge in [0.15, 0.2) is 0 Å². The summed E-state index contributed by atoms with van der Waals surface area (Å²) in [6.07, 6.45) is 2.93. The number of hydrogen-bond acceptors (Lipinski definition) is 4. The Bertz CT molecular complexity index is 287. The second-order valence-electron chi connectivity index (χ2n) is 6.80. The molecule has 0 bridgehead atoms. The summed E-state index contributed by atoms with van der Waals surface area (Å²) < 4.78 is 5.53. The highest BCUT2D eigenvalue weighted by molar-refractivity contribution is 4.93. The molecule has 0 aromatic heterocycles. The largest absolute Gasteiger partial charge is 0.379 e. The van der Waals surface area contributed by atoms with Gasteiger partial charge in [-0.25, -0.2) is 0 Å². The number of nitrogens with two attached hydrogens (primary N) is 1. The maximum Gasteiger partial charge on any atom is 0.0624 e. The van der Waals surface area contributed by atoms with Crippen LogP contribution in [0.25, 0.3) is 0 Å². The van der Waals surface area contributed by atoms with E-state index in [0.29, 0.717) is 0 Å². The molecule has 0 amide bonds. The predicted molar refractivity (Wildman–Crippen MR) is 72.5 cm³/mol. The van der Waals surface area contributed by atoms with Gasteiger partial charge in [0, 0.05) is 50.7 Å². The molecule has 2 N–H and O–H groups in total. The molecule has 2 atom stereocenters. The number of hydrogen-bond donors (Lipinski definition) is 1. The third-order valence-electron chi connectivity index (χ3n) is 4.89. The van der Waals surface area contributed by atoms with E-state index in [1.807, 2.05) is 0 Å². The van der Waals surface area contributed by atoms with Gasteiger partial charge in [0.1, 0.15) is 0 Å². The lowest BCUT2D eigenvalue weighted by Gasteiger charge is -2.39. The second-order valence-corrected chi connectivity index (χ2v) is 6.80. The minimum Gasteiger partial charge on any atom is -0.379 e. The van der Waals surface area contributed by atoms with Gasteiger partial charge >= 0.3 is 0 Å². The van der Waals surface area contributed by atoms with Crippen LogP contribution in [-0.2, 0) is 4.74 Å². The highest BCUT2D eigenvalue weighted by Gasteiger charge is 2.39. The van der Waals surface area contributed by atoms with Crippen LogP contribution >= 0.6 is 0 Å². The minimum absolute atomic E-state index is 0.165. The molecule has 0 spiro atoms. The Hall–Kier alpha value is -0.160. The third kappa shape index (κ3) is 2.87. The maximum atomic E-state index is 6.17. The SMILES string of the molecule is CC1(CN2CCN(CC3CC3)CC2)COCC1N. The van der Waals surface area contributed by atoms with Crippen molar-refractivity contribution in [1.82, 2.24) is 9.80 Å². The molecule has 3 fully saturated rings. The van der Waals surface area contributed by atoms with Crippen molar-refractivity contribution in [1.29, 1.82) is 0 Å². The van der Waals surface area contributed by atoms with Crippen molar-refractivity contribution in [3.8, 4) is 0 Å². The van der Waals surface area contributed by atoms with Crippen molar-refractivity contribution in [2.45, 2.75) is 25.8 Å². The first-order chi connectivity index (χ1) is 8.66. The Morgan fingerprint density at radius 2 is 1.83 bits per heavy atom. The van der Waals surface area contributed by atoms with Gasteiger partial charge in [0.2, 0.25) is 0 Å². The smallest absolute Gasteiger partial charge is 0.0624 e. The first-order valence-corrected chi connectivity index (χ1v) is 7.44. The lowest BCUT2D eigenvalue weighted by molar-refractivity contribution is 0.0752. The van der Waals surface area contributed by atoms with Crippen LogP contribution in [0.3, 0.4) is 0 Å². The van der Waals surface area contributed by atoms with Gasteiger partial charge in [-0.1, -0.05) is 6.92 Å². The van der Waals surface area contributed by atoms with Crippen molar-refractivity contribution < 1.29 is 4.74 Å². The minimum atomic E-state index is 0.165. The molecule has 2 heterocycles. The molecule has 0 aromatic rings. The van der Waals surface area contributed by atoms with Crippen LogP contribution in [0.4, 0.5) is 0 Å². The van der Waals surface area contributed by atoms with Crippen LogP contribution in [0.2, 0.25) is 0 Å². The van der Waals surface area contributed by atoms with Crippen LogP contribution in [0, 0.1) is 11.3 Å². The zero-order chi connectivity index (χ0) is 12.6. The average Bonchev–Trinajstić information content (AvgIpc) is 3.10. The fraction of sp³-hybridized carbons (Fsp3) is 1.00. The Balaban J connectivity index is 1.44. The van der Waals surface area contributed by atoms with Crippen LogP contribution in [0.15, 0.2) is 0 Å². The zero-order valence-electron chi connectivity index (χ0n) is 11.6. The molecular formula is C14H27N3O. The Morgan fingerprint density at radius 1 is 1.17 bits per heavy atom. The summed E-state index contributed by atoms with van der Waals surface area (Å²) in [6.45, 7) is 11.2. The molecule has 1 saturated carbocycles. The molecule has 3 aliphatic rings. The first-order valence-electron chi connectivity index (χ1n) is 7.44. The van der Waals surface area contributed by atoms with Crippen LogP contribution < -0.4 is 5.73 Å². The fourth-order valence-electron chi connectivity index (χ4n) is 3.20. The zero-order valence-corrected chi connectivity index (χ0v) is 11.6. The molecule has 1 aliphatic carbocycles. The van der Waals surface area contributed by atoms with Crippen molar-refractivity contribution >= 4 is 0 Å². The van der Waals surface area contributed by atoms with Crippen molar-refractivity contribution in [3.05, 3.63) is 0 Å². The molecule has 104 valence electrons. The number of piperazine rings is 1. The van der Waals surface area contributed by atoms with Gasteiger partial charge in [0.25, 0.3) is 0 Å². The Morgan fingerprint density at radius 3 is 2.39 bits per heavy atom. The molecule has 4 heteroatoms. The van der Waals surface area contributed by atoms with Crippen LogP contribution in [0.5, 0.6) is 0 Å². The molecule has 0 radical (unpaired) electrons. The van der Waals surface area contributed by atoms with Crippen molar-refractivity contribution in [3.63, 3.8) is 0 Å². The highest BCUT2D eigenvalue weighted by atomic mass is 16.5. The van der Waals surface area contributed by atoms with E-state index in [9.17, 15) is 0 Å². The number of nitrogens with zero attached hydrogens (tertiary/aromatic N) is 2. The van der Waals surface area contributed by atoms with Gasteiger partial charge in [-0.2, -0.15) is 0 Å². The maximum absolute atomic E-state index is 6.17. The summed E-state index contributed by atoms with van der Waals surface area (Å²) in [5.41, 5.74) is 6.34. The van der Waals surface area contributed by atoms with Crippen molar-refractivity contribution in [2.24, 2.45) is 17.1 Å². The lowest BCUT2D eigenvalue weighted by atomic mass is 9.85. The third-order valence-corrected chi connectivity index (χ3v) is 4.89. The quantitative estimate of drug-likeness (QED) is 0.786.